The van der Waals surface area contributed by atoms with E-state index in [0.717, 1.165) is 0 Å². The largest absolute Gasteiger partial charge is 0.511 e. The second-order valence-corrected chi connectivity index (χ2v) is 2.25. The molecule has 0 saturated heterocycles. The molecule has 0 aliphatic rings. The molecule has 1 N–H and O–H groups in total. The Kier molecular flexibility index (Phi) is 4.60. The quantitative estimate of drug-likeness (QED) is 0.237. The molecule has 0 aromatic carbocycles. The molecule has 62 valence electrons. The van der Waals surface area contributed by atoms with Gasteiger partial charge < -0.3 is 5.11 Å². The summed E-state index contributed by atoms with van der Waals surface area (Å²) in [5, 5.41) is 16.4. The Bertz CT molecular complexity index is 293. The predicted octanol–water partition coefficient (Wildman–Crippen LogP) is 1.50. The average molecular weight is 184 g/mol. The number of rotatable bonds is 3. The van der Waals surface area contributed by atoms with Crippen LogP contribution in [0.15, 0.2) is 11.3 Å². The van der Waals surface area contributed by atoms with E-state index in [1.807, 2.05) is 0 Å². The van der Waals surface area contributed by atoms with Crippen LogP contribution in [0.2, 0.25) is 0 Å². The Morgan fingerprint density at radius 1 is 1.67 bits per heavy atom. The maximum atomic E-state index is 10.5. The zero-order valence-electron chi connectivity index (χ0n) is 6.17. The van der Waals surface area contributed by atoms with Crippen LogP contribution in [-0.2, 0) is 4.79 Å². The smallest absolute Gasteiger partial charge is 0.266 e. The molecule has 0 rings (SSSR count). The number of hydrogen-bond acceptors (Lipinski definition) is 3. The molecule has 0 amide bonds. The fraction of sp³-hybridized carbons (Fsp3) is 0.250. The van der Waals surface area contributed by atoms with Gasteiger partial charge in [-0.3, -0.25) is 4.79 Å². The van der Waals surface area contributed by atoms with Gasteiger partial charge in [0.15, 0.2) is 0 Å². The van der Waals surface area contributed by atoms with E-state index in [0.29, 0.717) is 0 Å². The van der Waals surface area contributed by atoms with Gasteiger partial charge in [-0.05, 0) is 11.6 Å². The molecule has 3 nitrogen and oxygen atoms in total. The van der Waals surface area contributed by atoms with Crippen molar-refractivity contribution >= 4 is 16.8 Å². The van der Waals surface area contributed by atoms with Crippen LogP contribution >= 0.6 is 11.6 Å². The molecule has 12 heavy (non-hydrogen) atoms. The lowest BCUT2D eigenvalue weighted by Crippen LogP contribution is -1.96. The third-order valence-electron chi connectivity index (χ3n) is 1.10. The van der Waals surface area contributed by atoms with Gasteiger partial charge >= 0.3 is 0 Å². The van der Waals surface area contributed by atoms with E-state index in [-0.39, 0.29) is 18.6 Å². The monoisotopic (exact) mass is 183 g/mol. The Labute approximate surface area is 75.3 Å². The second kappa shape index (κ2) is 5.23. The number of halogens is 1. The fourth-order valence-corrected chi connectivity index (χ4v) is 0.689. The standard InChI is InChI=1S/C8H6ClNO2/c1-2-3-4-7(11)6(5-10)8(9)12/h1,11H,3-4H2/b7-6-. The summed E-state index contributed by atoms with van der Waals surface area (Å²) < 4.78 is 0. The zero-order valence-corrected chi connectivity index (χ0v) is 6.93. The van der Waals surface area contributed by atoms with E-state index < -0.39 is 10.8 Å². The molecule has 0 atom stereocenters. The first-order chi connectivity index (χ1) is 5.63. The van der Waals surface area contributed by atoms with Crippen LogP contribution in [0.1, 0.15) is 12.8 Å². The van der Waals surface area contributed by atoms with Crippen LogP contribution in [0.5, 0.6) is 0 Å². The van der Waals surface area contributed by atoms with Crippen LogP contribution < -0.4 is 0 Å². The third kappa shape index (κ3) is 3.09. The summed E-state index contributed by atoms with van der Waals surface area (Å²) in [6.07, 6.45) is 5.27. The molecule has 0 aliphatic heterocycles. The van der Waals surface area contributed by atoms with Crippen molar-refractivity contribution in [1.82, 2.24) is 0 Å². The highest BCUT2D eigenvalue weighted by Gasteiger charge is 2.11. The van der Waals surface area contributed by atoms with Crippen molar-refractivity contribution in [3.63, 3.8) is 0 Å². The molecular formula is C8H6ClNO2. The van der Waals surface area contributed by atoms with Gasteiger partial charge in [-0.25, -0.2) is 0 Å². The topological polar surface area (TPSA) is 61.1 Å². The molecule has 0 bridgehead atoms. The van der Waals surface area contributed by atoms with E-state index in [9.17, 15) is 4.79 Å². The SMILES string of the molecule is C#CCC/C(O)=C(\C#N)C(=O)Cl. The Morgan fingerprint density at radius 3 is 2.58 bits per heavy atom. The van der Waals surface area contributed by atoms with E-state index >= 15 is 0 Å². The molecule has 0 unspecified atom stereocenters. The fourth-order valence-electron chi connectivity index (χ4n) is 0.537. The number of carbonyl (C=O) groups excluding carboxylic acids is 1. The molecule has 0 saturated carbocycles. The molecule has 0 radical (unpaired) electrons. The highest BCUT2D eigenvalue weighted by molar-refractivity contribution is 6.68. The molecule has 0 aliphatic carbocycles. The number of allylic oxidation sites excluding steroid dienone is 2. The molecule has 0 fully saturated rings. The summed E-state index contributed by atoms with van der Waals surface area (Å²) in [5.41, 5.74) is -0.438. The van der Waals surface area contributed by atoms with E-state index in [1.165, 1.54) is 6.07 Å². The summed E-state index contributed by atoms with van der Waals surface area (Å²) in [6.45, 7) is 0. The van der Waals surface area contributed by atoms with Crippen LogP contribution in [0.3, 0.4) is 0 Å². The van der Waals surface area contributed by atoms with Gasteiger partial charge in [0.05, 0.1) is 0 Å². The average Bonchev–Trinajstić information content (AvgIpc) is 2.01. The number of aliphatic hydroxyl groups excluding tert-OH is 1. The number of hydrogen-bond donors (Lipinski definition) is 1. The predicted molar refractivity (Wildman–Crippen MR) is 44.2 cm³/mol. The maximum absolute atomic E-state index is 10.5. The van der Waals surface area contributed by atoms with Gasteiger partial charge in [0.25, 0.3) is 5.24 Å². The van der Waals surface area contributed by atoms with Gasteiger partial charge in [-0.2, -0.15) is 5.26 Å². The lowest BCUT2D eigenvalue weighted by molar-refractivity contribution is -0.108. The number of nitriles is 1. The normalized spacial score (nSPS) is 10.9. The third-order valence-corrected chi connectivity index (χ3v) is 1.29. The molecule has 0 aromatic heterocycles. The van der Waals surface area contributed by atoms with Crippen LogP contribution in [-0.4, -0.2) is 10.3 Å². The summed E-state index contributed by atoms with van der Waals surface area (Å²) in [4.78, 5) is 10.5. The Morgan fingerprint density at radius 2 is 2.25 bits per heavy atom. The first-order valence-electron chi connectivity index (χ1n) is 3.09. The summed E-state index contributed by atoms with van der Waals surface area (Å²) in [7, 11) is 0. The lowest BCUT2D eigenvalue weighted by Gasteiger charge is -1.96. The van der Waals surface area contributed by atoms with Crippen LogP contribution in [0, 0.1) is 23.7 Å². The first kappa shape index (κ1) is 10.6. The minimum Gasteiger partial charge on any atom is -0.511 e. The molecule has 0 heterocycles. The molecule has 0 spiro atoms. The molecular weight excluding hydrogens is 178 g/mol. The van der Waals surface area contributed by atoms with Crippen molar-refractivity contribution in [3.8, 4) is 18.4 Å². The summed E-state index contributed by atoms with van der Waals surface area (Å²) in [6, 6.07) is 1.49. The van der Waals surface area contributed by atoms with Crippen molar-refractivity contribution in [3.05, 3.63) is 11.3 Å². The molecule has 4 heteroatoms. The van der Waals surface area contributed by atoms with E-state index in [2.05, 4.69) is 5.92 Å². The van der Waals surface area contributed by atoms with Crippen molar-refractivity contribution in [1.29, 1.82) is 5.26 Å². The van der Waals surface area contributed by atoms with Crippen molar-refractivity contribution in [2.24, 2.45) is 0 Å². The maximum Gasteiger partial charge on any atom is 0.266 e. The second-order valence-electron chi connectivity index (χ2n) is 1.91. The van der Waals surface area contributed by atoms with Gasteiger partial charge in [0.2, 0.25) is 0 Å². The van der Waals surface area contributed by atoms with Crippen molar-refractivity contribution in [2.45, 2.75) is 12.8 Å². The number of aliphatic hydroxyl groups is 1. The van der Waals surface area contributed by atoms with Crippen LogP contribution in [0.4, 0.5) is 0 Å². The number of terminal acetylenes is 1. The minimum atomic E-state index is -0.966. The number of nitrogens with zero attached hydrogens (tertiary/aromatic N) is 1. The highest BCUT2D eigenvalue weighted by atomic mass is 35.5. The van der Waals surface area contributed by atoms with Gasteiger partial charge in [0.1, 0.15) is 17.4 Å². The lowest BCUT2D eigenvalue weighted by atomic mass is 10.2. The van der Waals surface area contributed by atoms with Gasteiger partial charge in [-0.15, -0.1) is 12.3 Å². The summed E-state index contributed by atoms with van der Waals surface area (Å²) in [5.74, 6) is 1.91. The van der Waals surface area contributed by atoms with Crippen molar-refractivity contribution in [2.75, 3.05) is 0 Å². The number of carbonyl (C=O) groups is 1. The van der Waals surface area contributed by atoms with Crippen molar-refractivity contribution < 1.29 is 9.90 Å². The van der Waals surface area contributed by atoms with Gasteiger partial charge in [-0.1, -0.05) is 0 Å². The minimum absolute atomic E-state index is 0.0951. The van der Waals surface area contributed by atoms with Gasteiger partial charge in [0, 0.05) is 12.8 Å². The first-order valence-corrected chi connectivity index (χ1v) is 3.46. The van der Waals surface area contributed by atoms with Crippen LogP contribution in [0.25, 0.3) is 0 Å². The van der Waals surface area contributed by atoms with E-state index in [4.69, 9.17) is 28.4 Å². The zero-order chi connectivity index (χ0) is 9.56. The Balaban J connectivity index is 4.55. The summed E-state index contributed by atoms with van der Waals surface area (Å²) >= 11 is 4.99. The van der Waals surface area contributed by atoms with E-state index in [1.54, 1.807) is 0 Å². The Hall–Kier alpha value is -1.45. The highest BCUT2D eigenvalue weighted by Crippen LogP contribution is 2.09. The molecule has 0 aromatic rings.